The van der Waals surface area contributed by atoms with Gasteiger partial charge in [0, 0.05) is 0 Å². The molecule has 0 spiro atoms. The van der Waals surface area contributed by atoms with E-state index in [2.05, 4.69) is 77.2 Å². The van der Waals surface area contributed by atoms with Crippen LogP contribution in [0.25, 0.3) is 11.3 Å². The normalized spacial score (nSPS) is 11.9. The molecule has 110 valence electrons. The van der Waals surface area contributed by atoms with Crippen molar-refractivity contribution in [1.29, 1.82) is 0 Å². The molecule has 21 heavy (non-hydrogen) atoms. The van der Waals surface area contributed by atoms with E-state index in [0.29, 0.717) is 10.2 Å². The van der Waals surface area contributed by atoms with Gasteiger partial charge in [0.15, 0.2) is 0 Å². The third-order valence-corrected chi connectivity index (χ3v) is 6.28. The van der Waals surface area contributed by atoms with E-state index in [9.17, 15) is 0 Å². The summed E-state index contributed by atoms with van der Waals surface area (Å²) in [7, 11) is 0. The summed E-state index contributed by atoms with van der Waals surface area (Å²) in [4.78, 5) is 4.73. The first kappa shape index (κ1) is 16.3. The van der Waals surface area contributed by atoms with Gasteiger partial charge in [0.2, 0.25) is 0 Å². The molecule has 1 aromatic carbocycles. The monoisotopic (exact) mass is 341 g/mol. The molecule has 0 N–H and O–H groups in total. The molecule has 0 fully saturated rings. The van der Waals surface area contributed by atoms with Crippen LogP contribution in [0.4, 0.5) is 0 Å². The quantitative estimate of drug-likeness (QED) is 0.747. The number of pyridine rings is 1. The van der Waals surface area contributed by atoms with Gasteiger partial charge < -0.3 is 0 Å². The second-order valence-electron chi connectivity index (χ2n) is 7.07. The number of rotatable bonds is 4. The van der Waals surface area contributed by atoms with Gasteiger partial charge in [-0.05, 0) is 0 Å². The van der Waals surface area contributed by atoms with Crippen LogP contribution >= 0.6 is 0 Å². The zero-order valence-electron chi connectivity index (χ0n) is 13.8. The molecule has 2 rings (SSSR count). The van der Waals surface area contributed by atoms with Gasteiger partial charge in [0.05, 0.1) is 0 Å². The molecule has 2 radical (unpaired) electrons. The molecular weight excluding hydrogens is 315 g/mol. The van der Waals surface area contributed by atoms with Crippen molar-refractivity contribution in [2.75, 3.05) is 0 Å². The van der Waals surface area contributed by atoms with E-state index in [0.717, 1.165) is 12.1 Å². The maximum atomic E-state index is 4.73. The van der Waals surface area contributed by atoms with Gasteiger partial charge in [0.25, 0.3) is 0 Å². The van der Waals surface area contributed by atoms with Crippen molar-refractivity contribution in [2.45, 2.75) is 45.3 Å². The number of hydrogen-bond acceptors (Lipinski definition) is 1. The predicted molar refractivity (Wildman–Crippen MR) is 93.3 cm³/mol. The molecule has 0 aliphatic rings. The van der Waals surface area contributed by atoms with Crippen molar-refractivity contribution in [3.8, 4) is 11.3 Å². The van der Waals surface area contributed by atoms with Crippen molar-refractivity contribution < 1.29 is 0 Å². The summed E-state index contributed by atoms with van der Waals surface area (Å²) in [6, 6.07) is 12.8. The molecule has 0 unspecified atom stereocenters. The average molecular weight is 340 g/mol. The molecule has 2 heteroatoms. The molecule has 0 aliphatic heterocycles. The number of hydrogen-bond donors (Lipinski definition) is 0. The summed E-state index contributed by atoms with van der Waals surface area (Å²) in [5, 5.41) is 0. The second kappa shape index (κ2) is 6.78. The van der Waals surface area contributed by atoms with Crippen LogP contribution in [-0.4, -0.2) is 20.4 Å². The molecule has 2 aromatic rings. The van der Waals surface area contributed by atoms with E-state index in [-0.39, 0.29) is 15.4 Å². The van der Waals surface area contributed by atoms with E-state index in [1.54, 1.807) is 0 Å². The van der Waals surface area contributed by atoms with Crippen LogP contribution in [0.5, 0.6) is 0 Å². The molecular formula is C19H25GeN. The average Bonchev–Trinajstić information content (AvgIpc) is 2.39. The SMILES string of the molecule is CC(C)Cc1cc(-c2ccccc2)nc[c]1[Ge][C](C)(C)C. The second-order valence-corrected chi connectivity index (χ2v) is 11.9. The zero-order valence-corrected chi connectivity index (χ0v) is 15.9. The summed E-state index contributed by atoms with van der Waals surface area (Å²) >= 11 is -0.165. The number of aromatic nitrogens is 1. The van der Waals surface area contributed by atoms with Crippen molar-refractivity contribution >= 4 is 19.8 Å². The van der Waals surface area contributed by atoms with Gasteiger partial charge >= 0.3 is 135 Å². The summed E-state index contributed by atoms with van der Waals surface area (Å²) in [5.74, 6) is 0.682. The molecule has 1 aromatic heterocycles. The van der Waals surface area contributed by atoms with Gasteiger partial charge in [-0.3, -0.25) is 0 Å². The third-order valence-electron chi connectivity index (χ3n) is 3.20. The zero-order chi connectivity index (χ0) is 15.5. The molecule has 0 saturated heterocycles. The molecule has 0 amide bonds. The van der Waals surface area contributed by atoms with E-state index < -0.39 is 0 Å². The van der Waals surface area contributed by atoms with Gasteiger partial charge in [-0.15, -0.1) is 0 Å². The minimum absolute atomic E-state index is 0.165. The van der Waals surface area contributed by atoms with E-state index in [4.69, 9.17) is 4.98 Å². The number of nitrogens with zero attached hydrogens (tertiary/aromatic N) is 1. The standard InChI is InChI=1S/C19H25GeN/c1-14(2)11-16-12-18(15-9-7-6-8-10-15)21-13-17(16)20-19(3,4)5/h6-10,12-14H,11H2,1-5H3. The first-order chi connectivity index (χ1) is 9.85. The maximum absolute atomic E-state index is 4.73. The Morgan fingerprint density at radius 1 is 1.10 bits per heavy atom. The molecule has 0 aliphatic carbocycles. The Morgan fingerprint density at radius 2 is 1.76 bits per heavy atom. The summed E-state index contributed by atoms with van der Waals surface area (Å²) in [6.07, 6.45) is 3.29. The molecule has 0 bridgehead atoms. The van der Waals surface area contributed by atoms with Crippen molar-refractivity contribution in [3.63, 3.8) is 0 Å². The van der Waals surface area contributed by atoms with Gasteiger partial charge in [-0.1, -0.05) is 0 Å². The fourth-order valence-corrected chi connectivity index (χ4v) is 5.06. The van der Waals surface area contributed by atoms with Gasteiger partial charge in [-0.2, -0.15) is 0 Å². The van der Waals surface area contributed by atoms with E-state index in [1.807, 2.05) is 0 Å². The van der Waals surface area contributed by atoms with Crippen molar-refractivity contribution in [3.05, 3.63) is 48.2 Å². The molecule has 0 atom stereocenters. The fourth-order valence-electron chi connectivity index (χ4n) is 2.39. The summed E-state index contributed by atoms with van der Waals surface area (Å²) in [5.41, 5.74) is 3.83. The van der Waals surface area contributed by atoms with Crippen molar-refractivity contribution in [2.24, 2.45) is 5.92 Å². The fraction of sp³-hybridized carbons (Fsp3) is 0.421. The summed E-state index contributed by atoms with van der Waals surface area (Å²) in [6.45, 7) is 11.6. The third kappa shape index (κ3) is 4.99. The van der Waals surface area contributed by atoms with E-state index in [1.165, 1.54) is 15.5 Å². The Bertz CT molecular complexity index is 582. The van der Waals surface area contributed by atoms with Crippen LogP contribution < -0.4 is 4.40 Å². The van der Waals surface area contributed by atoms with Crippen molar-refractivity contribution in [1.82, 2.24) is 4.98 Å². The van der Waals surface area contributed by atoms with E-state index >= 15 is 0 Å². The molecule has 1 nitrogen and oxygen atoms in total. The Balaban J connectivity index is 2.39. The Morgan fingerprint density at radius 3 is 2.33 bits per heavy atom. The van der Waals surface area contributed by atoms with Crippen LogP contribution in [0, 0.1) is 5.92 Å². The van der Waals surface area contributed by atoms with Crippen LogP contribution in [0.3, 0.4) is 0 Å². The summed E-state index contributed by atoms with van der Waals surface area (Å²) < 4.78 is 1.94. The number of benzene rings is 1. The van der Waals surface area contributed by atoms with Crippen LogP contribution in [-0.2, 0) is 6.42 Å². The minimum atomic E-state index is -0.165. The Hall–Kier alpha value is -1.09. The van der Waals surface area contributed by atoms with Crippen LogP contribution in [0.15, 0.2) is 42.6 Å². The van der Waals surface area contributed by atoms with Crippen LogP contribution in [0.1, 0.15) is 40.2 Å². The Kier molecular flexibility index (Phi) is 5.26. The first-order valence-corrected chi connectivity index (χ1v) is 9.77. The molecule has 1 heterocycles. The predicted octanol–water partition coefficient (Wildman–Crippen LogP) is 4.50. The van der Waals surface area contributed by atoms with Gasteiger partial charge in [0.1, 0.15) is 0 Å². The topological polar surface area (TPSA) is 12.9 Å². The van der Waals surface area contributed by atoms with Crippen LogP contribution in [0.2, 0.25) is 4.25 Å². The first-order valence-electron chi connectivity index (χ1n) is 7.68. The molecule has 0 saturated carbocycles. The Labute approximate surface area is 135 Å². The van der Waals surface area contributed by atoms with Gasteiger partial charge in [-0.25, -0.2) is 0 Å².